The Kier molecular flexibility index (Phi) is 4.62. The van der Waals surface area contributed by atoms with Crippen molar-refractivity contribution >= 4 is 21.4 Å². The number of rotatable bonds is 4. The summed E-state index contributed by atoms with van der Waals surface area (Å²) in [5.74, 6) is 0.296. The second-order valence-electron chi connectivity index (χ2n) is 5.16. The molecule has 0 amide bonds. The summed E-state index contributed by atoms with van der Waals surface area (Å²) in [5.41, 5.74) is 0. The van der Waals surface area contributed by atoms with Gasteiger partial charge in [-0.2, -0.15) is 0 Å². The highest BCUT2D eigenvalue weighted by atomic mass is 32.2. The number of sulfonamides is 1. The molecule has 0 radical (unpaired) electrons. The van der Waals surface area contributed by atoms with Gasteiger partial charge in [-0.15, -0.1) is 11.3 Å². The minimum Gasteiger partial charge on any atom is -0.391 e. The molecule has 0 spiro atoms. The molecule has 0 saturated carbocycles. The van der Waals surface area contributed by atoms with E-state index in [9.17, 15) is 8.42 Å². The number of piperidine rings is 1. The van der Waals surface area contributed by atoms with Gasteiger partial charge in [-0.05, 0) is 32.0 Å². The maximum atomic E-state index is 12.3. The SMILES string of the molecule is CC1CN(C)CCC1NS(=O)(=O)c1csc(CO)c1. The van der Waals surface area contributed by atoms with Gasteiger partial charge in [-0.1, -0.05) is 6.92 Å². The fourth-order valence-corrected chi connectivity index (χ4v) is 4.89. The van der Waals surface area contributed by atoms with Crippen LogP contribution >= 0.6 is 11.3 Å². The first kappa shape index (κ1) is 14.9. The van der Waals surface area contributed by atoms with E-state index in [0.29, 0.717) is 10.8 Å². The first-order valence-corrected chi connectivity index (χ1v) is 8.68. The molecule has 0 aromatic carbocycles. The number of nitrogens with zero attached hydrogens (tertiary/aromatic N) is 1. The van der Waals surface area contributed by atoms with Gasteiger partial charge in [0.15, 0.2) is 0 Å². The molecule has 108 valence electrons. The lowest BCUT2D eigenvalue weighted by atomic mass is 9.95. The molecule has 2 rings (SSSR count). The topological polar surface area (TPSA) is 69.6 Å². The minimum atomic E-state index is -3.47. The number of thiophene rings is 1. The summed E-state index contributed by atoms with van der Waals surface area (Å²) in [6.07, 6.45) is 0.827. The molecular formula is C12H20N2O3S2. The number of aliphatic hydroxyl groups excluding tert-OH is 1. The van der Waals surface area contributed by atoms with E-state index in [1.807, 2.05) is 7.05 Å². The van der Waals surface area contributed by atoms with Crippen LogP contribution in [0.3, 0.4) is 0 Å². The smallest absolute Gasteiger partial charge is 0.241 e. The van der Waals surface area contributed by atoms with Crippen LogP contribution in [0.5, 0.6) is 0 Å². The maximum Gasteiger partial charge on any atom is 0.241 e. The summed E-state index contributed by atoms with van der Waals surface area (Å²) in [6.45, 7) is 3.75. The van der Waals surface area contributed by atoms with E-state index in [4.69, 9.17) is 5.11 Å². The van der Waals surface area contributed by atoms with Crippen LogP contribution in [0.25, 0.3) is 0 Å². The van der Waals surface area contributed by atoms with Gasteiger partial charge in [0.1, 0.15) is 0 Å². The largest absolute Gasteiger partial charge is 0.391 e. The van der Waals surface area contributed by atoms with Crippen molar-refractivity contribution in [3.63, 3.8) is 0 Å². The van der Waals surface area contributed by atoms with Gasteiger partial charge in [0.25, 0.3) is 0 Å². The number of aliphatic hydroxyl groups is 1. The first-order valence-electron chi connectivity index (χ1n) is 6.31. The molecule has 1 aromatic rings. The lowest BCUT2D eigenvalue weighted by molar-refractivity contribution is 0.188. The highest BCUT2D eigenvalue weighted by molar-refractivity contribution is 7.89. The molecule has 1 aromatic heterocycles. The number of likely N-dealkylation sites (tertiary alicyclic amines) is 1. The van der Waals surface area contributed by atoms with Gasteiger partial charge in [0.2, 0.25) is 10.0 Å². The Balaban J connectivity index is 2.08. The molecule has 2 atom stereocenters. The van der Waals surface area contributed by atoms with E-state index in [-0.39, 0.29) is 17.5 Å². The highest BCUT2D eigenvalue weighted by Crippen LogP contribution is 2.22. The van der Waals surface area contributed by atoms with E-state index >= 15 is 0 Å². The minimum absolute atomic E-state index is 0.0151. The van der Waals surface area contributed by atoms with Crippen LogP contribution in [0.4, 0.5) is 0 Å². The molecule has 2 unspecified atom stereocenters. The van der Waals surface area contributed by atoms with Crippen molar-refractivity contribution in [1.29, 1.82) is 0 Å². The third-order valence-corrected chi connectivity index (χ3v) is 6.05. The average molecular weight is 304 g/mol. The monoisotopic (exact) mass is 304 g/mol. The molecule has 0 bridgehead atoms. The van der Waals surface area contributed by atoms with E-state index < -0.39 is 10.0 Å². The van der Waals surface area contributed by atoms with Crippen molar-refractivity contribution in [2.75, 3.05) is 20.1 Å². The number of hydrogen-bond acceptors (Lipinski definition) is 5. The molecule has 1 saturated heterocycles. The van der Waals surface area contributed by atoms with Gasteiger partial charge in [0.05, 0.1) is 11.5 Å². The molecule has 0 aliphatic carbocycles. The Morgan fingerprint density at radius 3 is 2.89 bits per heavy atom. The quantitative estimate of drug-likeness (QED) is 0.865. The lowest BCUT2D eigenvalue weighted by Crippen LogP contribution is -2.48. The molecule has 1 aliphatic heterocycles. The third-order valence-electron chi connectivity index (χ3n) is 3.51. The lowest BCUT2D eigenvalue weighted by Gasteiger charge is -2.34. The second-order valence-corrected chi connectivity index (χ2v) is 7.87. The average Bonchev–Trinajstić information content (AvgIpc) is 2.82. The summed E-state index contributed by atoms with van der Waals surface area (Å²) in [5, 5.41) is 10.6. The van der Waals surface area contributed by atoms with Gasteiger partial charge in [-0.3, -0.25) is 0 Å². The Morgan fingerprint density at radius 2 is 2.32 bits per heavy atom. The van der Waals surface area contributed by atoms with Crippen LogP contribution in [0.2, 0.25) is 0 Å². The van der Waals surface area contributed by atoms with E-state index in [1.165, 1.54) is 17.4 Å². The number of hydrogen-bond donors (Lipinski definition) is 2. The summed E-state index contributed by atoms with van der Waals surface area (Å²) in [4.78, 5) is 3.13. The third kappa shape index (κ3) is 3.55. The summed E-state index contributed by atoms with van der Waals surface area (Å²) < 4.78 is 27.3. The van der Waals surface area contributed by atoms with Crippen molar-refractivity contribution in [3.05, 3.63) is 16.3 Å². The maximum absolute atomic E-state index is 12.3. The van der Waals surface area contributed by atoms with Crippen molar-refractivity contribution < 1.29 is 13.5 Å². The molecule has 5 nitrogen and oxygen atoms in total. The standard InChI is InChI=1S/C12H20N2O3S2/c1-9-6-14(2)4-3-12(9)13-19(16,17)11-5-10(7-15)18-8-11/h5,8-9,12-13,15H,3-4,6-7H2,1-2H3. The predicted octanol–water partition coefficient (Wildman–Crippen LogP) is 0.859. The summed E-state index contributed by atoms with van der Waals surface area (Å²) in [6, 6.07) is 1.52. The molecule has 19 heavy (non-hydrogen) atoms. The van der Waals surface area contributed by atoms with Crippen molar-refractivity contribution in [3.8, 4) is 0 Å². The van der Waals surface area contributed by atoms with E-state index in [0.717, 1.165) is 19.5 Å². The molecule has 7 heteroatoms. The van der Waals surface area contributed by atoms with Crippen LogP contribution in [-0.2, 0) is 16.6 Å². The van der Waals surface area contributed by atoms with Crippen LogP contribution in [-0.4, -0.2) is 44.6 Å². The van der Waals surface area contributed by atoms with Gasteiger partial charge in [-0.25, -0.2) is 13.1 Å². The van der Waals surface area contributed by atoms with Crippen LogP contribution in [0.1, 0.15) is 18.2 Å². The summed E-state index contributed by atoms with van der Waals surface area (Å²) in [7, 11) is -1.42. The van der Waals surface area contributed by atoms with Crippen LogP contribution < -0.4 is 4.72 Å². The highest BCUT2D eigenvalue weighted by Gasteiger charge is 2.29. The molecule has 1 fully saturated rings. The second kappa shape index (κ2) is 5.88. The fraction of sp³-hybridized carbons (Fsp3) is 0.667. The van der Waals surface area contributed by atoms with E-state index in [2.05, 4.69) is 16.5 Å². The zero-order chi connectivity index (χ0) is 14.0. The Bertz CT molecular complexity index is 527. The van der Waals surface area contributed by atoms with Crippen LogP contribution in [0.15, 0.2) is 16.3 Å². The zero-order valence-corrected chi connectivity index (χ0v) is 12.8. The zero-order valence-electron chi connectivity index (χ0n) is 11.2. The van der Waals surface area contributed by atoms with Crippen molar-refractivity contribution in [2.45, 2.75) is 30.9 Å². The molecule has 2 N–H and O–H groups in total. The van der Waals surface area contributed by atoms with Gasteiger partial charge < -0.3 is 10.0 Å². The Labute approximate surface area is 118 Å². The normalized spacial score (nSPS) is 25.6. The first-order chi connectivity index (χ1) is 8.92. The molecule has 1 aliphatic rings. The predicted molar refractivity (Wildman–Crippen MR) is 75.6 cm³/mol. The van der Waals surface area contributed by atoms with Crippen molar-refractivity contribution in [2.24, 2.45) is 5.92 Å². The summed E-state index contributed by atoms with van der Waals surface area (Å²) >= 11 is 1.26. The molecule has 2 heterocycles. The van der Waals surface area contributed by atoms with E-state index in [1.54, 1.807) is 5.38 Å². The Hall–Kier alpha value is -0.470. The number of nitrogens with one attached hydrogen (secondary N) is 1. The van der Waals surface area contributed by atoms with Gasteiger partial charge >= 0.3 is 0 Å². The Morgan fingerprint density at radius 1 is 1.58 bits per heavy atom. The van der Waals surface area contributed by atoms with Crippen LogP contribution in [0, 0.1) is 5.92 Å². The van der Waals surface area contributed by atoms with Crippen molar-refractivity contribution in [1.82, 2.24) is 9.62 Å². The van der Waals surface area contributed by atoms with Gasteiger partial charge in [0, 0.05) is 22.8 Å². The fourth-order valence-electron chi connectivity index (χ4n) is 2.38. The molecular weight excluding hydrogens is 284 g/mol.